The van der Waals surface area contributed by atoms with Gasteiger partial charge in [0.15, 0.2) is 0 Å². The summed E-state index contributed by atoms with van der Waals surface area (Å²) in [5.74, 6) is 1.81. The second-order valence-electron chi connectivity index (χ2n) is 15.7. The molecule has 54 heavy (non-hydrogen) atoms. The van der Waals surface area contributed by atoms with Crippen LogP contribution >= 0.6 is 23.2 Å². The van der Waals surface area contributed by atoms with Crippen molar-refractivity contribution in [3.8, 4) is 45.1 Å². The molecule has 9 nitrogen and oxygen atoms in total. The van der Waals surface area contributed by atoms with Gasteiger partial charge in [0.1, 0.15) is 5.75 Å². The summed E-state index contributed by atoms with van der Waals surface area (Å²) in [7, 11) is 3.43. The summed E-state index contributed by atoms with van der Waals surface area (Å²) < 4.78 is 12.0. The number of amides is 2. The van der Waals surface area contributed by atoms with Gasteiger partial charge in [0.25, 0.3) is 0 Å². The molecule has 3 fully saturated rings. The number of nitrogens with one attached hydrogen (secondary N) is 1. The predicted molar refractivity (Wildman–Crippen MR) is 211 cm³/mol. The zero-order chi connectivity index (χ0) is 37.3. The number of nitrogens with zero attached hydrogens (tertiary/aromatic N) is 4. The molecule has 5 aliphatic rings. The molecule has 0 saturated carbocycles. The topological polar surface area (TPSA) is 87.2 Å². The van der Waals surface area contributed by atoms with E-state index in [1.165, 1.54) is 16.7 Å². The van der Waals surface area contributed by atoms with Crippen LogP contribution in [0.25, 0.3) is 33.5 Å². The van der Waals surface area contributed by atoms with Crippen molar-refractivity contribution in [1.29, 1.82) is 0 Å². The monoisotopic (exact) mass is 765 g/mol. The van der Waals surface area contributed by atoms with Crippen molar-refractivity contribution >= 4 is 35.0 Å². The van der Waals surface area contributed by atoms with Crippen LogP contribution in [-0.4, -0.2) is 91.5 Å². The number of hydrogen-bond donors (Lipinski definition) is 1. The van der Waals surface area contributed by atoms with Crippen molar-refractivity contribution in [3.05, 3.63) is 86.9 Å². The molecule has 4 aromatic rings. The van der Waals surface area contributed by atoms with Crippen LogP contribution in [0.3, 0.4) is 0 Å². The van der Waals surface area contributed by atoms with E-state index in [2.05, 4.69) is 39.4 Å². The number of pyridine rings is 1. The number of benzene rings is 3. The number of carbonyl (C=O) groups is 2. The fourth-order valence-corrected chi connectivity index (χ4v) is 10.6. The molecule has 0 unspecified atom stereocenters. The Hall–Kier alpha value is -4.15. The van der Waals surface area contributed by atoms with E-state index in [4.69, 9.17) is 37.7 Å². The van der Waals surface area contributed by atoms with E-state index in [1.54, 1.807) is 21.1 Å². The van der Waals surface area contributed by atoms with Crippen LogP contribution in [0, 0.1) is 5.41 Å². The summed E-state index contributed by atoms with van der Waals surface area (Å²) in [5, 5.41) is 4.23. The predicted octanol–water partition coefficient (Wildman–Crippen LogP) is 7.37. The van der Waals surface area contributed by atoms with E-state index in [0.29, 0.717) is 22.3 Å². The van der Waals surface area contributed by atoms with Gasteiger partial charge in [-0.1, -0.05) is 65.7 Å². The van der Waals surface area contributed by atoms with Gasteiger partial charge in [0.2, 0.25) is 17.7 Å². The molecular formula is C43H45Cl2N5O4. The number of rotatable bonds is 7. The van der Waals surface area contributed by atoms with E-state index in [-0.39, 0.29) is 29.3 Å². The SMILES string of the molecule is COc1cc(-c2cccc(-c3cccc(-c4cc5c(c(OC)n4)[C@@H](N4CC6(CNC(=O)C6)C4)CC5)c3Cl)c2Cl)cc2c1[C@H](N1CCN(C(C)=O)CC1)CC2. The first-order chi connectivity index (χ1) is 26.2. The quantitative estimate of drug-likeness (QED) is 0.210. The van der Waals surface area contributed by atoms with Crippen molar-refractivity contribution in [1.82, 2.24) is 25.0 Å². The van der Waals surface area contributed by atoms with Crippen molar-refractivity contribution in [2.75, 3.05) is 60.0 Å². The summed E-state index contributed by atoms with van der Waals surface area (Å²) in [6.07, 6.45) is 4.52. The number of aryl methyl sites for hydroxylation is 2. The molecule has 3 aliphatic heterocycles. The van der Waals surface area contributed by atoms with Crippen LogP contribution in [0.4, 0.5) is 0 Å². The molecular weight excluding hydrogens is 721 g/mol. The number of likely N-dealkylation sites (tertiary alicyclic amines) is 1. The molecule has 9 rings (SSSR count). The van der Waals surface area contributed by atoms with Gasteiger partial charge in [-0.15, -0.1) is 0 Å². The van der Waals surface area contributed by atoms with Crippen molar-refractivity contribution < 1.29 is 19.1 Å². The van der Waals surface area contributed by atoms with Gasteiger partial charge >= 0.3 is 0 Å². The first-order valence-electron chi connectivity index (χ1n) is 19.0. The van der Waals surface area contributed by atoms with E-state index >= 15 is 0 Å². The molecule has 2 atom stereocenters. The van der Waals surface area contributed by atoms with E-state index in [9.17, 15) is 9.59 Å². The molecule has 1 N–H and O–H groups in total. The number of aromatic nitrogens is 1. The average Bonchev–Trinajstić information content (AvgIpc) is 3.91. The second-order valence-corrected chi connectivity index (χ2v) is 16.4. The van der Waals surface area contributed by atoms with Gasteiger partial charge in [-0.25, -0.2) is 4.98 Å². The lowest BCUT2D eigenvalue weighted by Gasteiger charge is -2.50. The third-order valence-corrected chi connectivity index (χ3v) is 13.4. The van der Waals surface area contributed by atoms with Crippen LogP contribution in [0.5, 0.6) is 11.6 Å². The Bertz CT molecular complexity index is 2180. The Labute approximate surface area is 326 Å². The molecule has 4 heterocycles. The minimum atomic E-state index is 0.0668. The summed E-state index contributed by atoms with van der Waals surface area (Å²) in [5.41, 5.74) is 10.2. The van der Waals surface area contributed by atoms with Crippen LogP contribution in [-0.2, 0) is 22.4 Å². The molecule has 0 radical (unpaired) electrons. The molecule has 2 amide bonds. The molecule has 1 spiro atoms. The van der Waals surface area contributed by atoms with Crippen LogP contribution in [0.15, 0.2) is 54.6 Å². The van der Waals surface area contributed by atoms with Crippen LogP contribution < -0.4 is 14.8 Å². The lowest BCUT2D eigenvalue weighted by Crippen LogP contribution is -2.58. The summed E-state index contributed by atoms with van der Waals surface area (Å²) in [4.78, 5) is 35.8. The average molecular weight is 767 g/mol. The Morgan fingerprint density at radius 3 is 2.07 bits per heavy atom. The highest BCUT2D eigenvalue weighted by molar-refractivity contribution is 6.39. The summed E-state index contributed by atoms with van der Waals surface area (Å²) >= 11 is 14.6. The lowest BCUT2D eigenvalue weighted by molar-refractivity contribution is -0.131. The third-order valence-electron chi connectivity index (χ3n) is 12.6. The first-order valence-corrected chi connectivity index (χ1v) is 19.8. The third kappa shape index (κ3) is 5.95. The Kier molecular flexibility index (Phi) is 9.12. The summed E-state index contributed by atoms with van der Waals surface area (Å²) in [6, 6.07) is 19.2. The fourth-order valence-electron chi connectivity index (χ4n) is 9.90. The number of ether oxygens (including phenoxy) is 2. The maximum absolute atomic E-state index is 11.9. The van der Waals surface area contributed by atoms with Crippen molar-refractivity contribution in [2.24, 2.45) is 5.41 Å². The Morgan fingerprint density at radius 1 is 0.815 bits per heavy atom. The minimum absolute atomic E-state index is 0.0668. The van der Waals surface area contributed by atoms with Crippen LogP contribution in [0.1, 0.15) is 60.5 Å². The highest BCUT2D eigenvalue weighted by atomic mass is 35.5. The number of methoxy groups -OCH3 is 2. The Morgan fingerprint density at radius 2 is 1.44 bits per heavy atom. The number of halogens is 2. The molecule has 11 heteroatoms. The molecule has 3 aromatic carbocycles. The molecule has 1 aromatic heterocycles. The minimum Gasteiger partial charge on any atom is -0.496 e. The van der Waals surface area contributed by atoms with Gasteiger partial charge in [0.05, 0.1) is 30.0 Å². The molecule has 0 bridgehead atoms. The lowest BCUT2D eigenvalue weighted by atomic mass is 9.77. The maximum Gasteiger partial charge on any atom is 0.220 e. The van der Waals surface area contributed by atoms with Crippen molar-refractivity contribution in [2.45, 2.75) is 51.1 Å². The smallest absolute Gasteiger partial charge is 0.220 e. The van der Waals surface area contributed by atoms with Gasteiger partial charge in [-0.2, -0.15) is 0 Å². The standard InChI is InChI=1S/C43H45Cl2N5O4/c1-25(51)48-14-16-49(17-15-48)34-12-10-26-18-28(20-36(53-2)38(26)34)29-6-4-7-30(40(29)44)31-8-5-9-32(41(31)45)33-19-27-11-13-35(39(27)42(47-33)54-3)50-23-43(24-50)21-37(52)46-22-43/h4-9,18-20,34-35H,10-17,21-24H2,1-3H3,(H,46,52)/t34-,35+/m1/s1. The largest absolute Gasteiger partial charge is 0.496 e. The Balaban J connectivity index is 1.00. The van der Waals surface area contributed by atoms with Crippen molar-refractivity contribution in [3.63, 3.8) is 0 Å². The van der Waals surface area contributed by atoms with E-state index in [0.717, 1.165) is 116 Å². The van der Waals surface area contributed by atoms with E-state index < -0.39 is 0 Å². The molecule has 3 saturated heterocycles. The van der Waals surface area contributed by atoms with Gasteiger partial charge in [-0.3, -0.25) is 19.4 Å². The molecule has 280 valence electrons. The zero-order valence-corrected chi connectivity index (χ0v) is 32.5. The molecule has 2 aliphatic carbocycles. The highest BCUT2D eigenvalue weighted by Gasteiger charge is 2.51. The van der Waals surface area contributed by atoms with Gasteiger partial charge in [0, 0.05) is 110 Å². The highest BCUT2D eigenvalue weighted by Crippen LogP contribution is 2.50. The van der Waals surface area contributed by atoms with Gasteiger partial charge < -0.3 is 19.7 Å². The number of hydrogen-bond acceptors (Lipinski definition) is 7. The first kappa shape index (κ1) is 35.5. The summed E-state index contributed by atoms with van der Waals surface area (Å²) in [6.45, 7) is 7.47. The van der Waals surface area contributed by atoms with Crippen LogP contribution in [0.2, 0.25) is 10.0 Å². The van der Waals surface area contributed by atoms with Gasteiger partial charge in [-0.05, 0) is 54.5 Å². The maximum atomic E-state index is 11.9. The number of carbonyl (C=O) groups excluding carboxylic acids is 2. The fraction of sp³-hybridized carbons (Fsp3) is 0.419. The second kappa shape index (κ2) is 13.9. The zero-order valence-electron chi connectivity index (χ0n) is 31.0. The number of fused-ring (bicyclic) bond motifs is 2. The number of piperazine rings is 1. The normalized spacial score (nSPS) is 21.9. The van der Waals surface area contributed by atoms with E-state index in [1.807, 2.05) is 35.2 Å².